The number of carbonyl (C=O) groups is 1. The summed E-state index contributed by atoms with van der Waals surface area (Å²) in [5, 5.41) is 13.5. The van der Waals surface area contributed by atoms with Crippen LogP contribution in [0.5, 0.6) is 5.75 Å². The molecule has 34 heavy (non-hydrogen) atoms. The summed E-state index contributed by atoms with van der Waals surface area (Å²) in [7, 11) is 1.58. The zero-order valence-corrected chi connectivity index (χ0v) is 19.8. The van der Waals surface area contributed by atoms with Crippen molar-refractivity contribution >= 4 is 17.5 Å². The van der Waals surface area contributed by atoms with Crippen LogP contribution < -0.4 is 10.1 Å². The second-order valence-corrected chi connectivity index (χ2v) is 8.55. The standard InChI is InChI=1S/C27H28ClNO5/c1-32-24-12-9-18(17-34-27(31)25-8-5-13-33-25)14-21(24)16-29-26(30)22-11-10-20(15-23(22)28)19-6-3-2-4-7-19/h2-4,6-7,9-12,14-15,25,27,31H,5,8,13,16-17H2,1H3,(H,29,30). The number of nitrogens with one attached hydrogen (secondary N) is 1. The van der Waals surface area contributed by atoms with Crippen molar-refractivity contribution in [2.24, 2.45) is 0 Å². The van der Waals surface area contributed by atoms with E-state index in [1.807, 2.05) is 54.6 Å². The van der Waals surface area contributed by atoms with Gasteiger partial charge in [-0.3, -0.25) is 4.79 Å². The van der Waals surface area contributed by atoms with E-state index in [-0.39, 0.29) is 25.2 Å². The van der Waals surface area contributed by atoms with E-state index in [1.165, 1.54) is 0 Å². The highest BCUT2D eigenvalue weighted by molar-refractivity contribution is 6.34. The molecule has 2 N–H and O–H groups in total. The van der Waals surface area contributed by atoms with Crippen LogP contribution in [0.4, 0.5) is 0 Å². The third kappa shape index (κ3) is 5.96. The van der Waals surface area contributed by atoms with Crippen LogP contribution >= 0.6 is 11.6 Å². The Bertz CT molecular complexity index is 1120. The molecule has 1 saturated heterocycles. The van der Waals surface area contributed by atoms with Gasteiger partial charge in [0.05, 0.1) is 24.3 Å². The molecule has 1 fully saturated rings. The molecule has 178 valence electrons. The first-order chi connectivity index (χ1) is 16.5. The maximum atomic E-state index is 12.8. The number of aliphatic hydroxyl groups is 1. The van der Waals surface area contributed by atoms with Gasteiger partial charge in [-0.15, -0.1) is 0 Å². The summed E-state index contributed by atoms with van der Waals surface area (Å²) < 4.78 is 16.5. The summed E-state index contributed by atoms with van der Waals surface area (Å²) in [5.74, 6) is 0.372. The van der Waals surface area contributed by atoms with E-state index in [9.17, 15) is 9.90 Å². The van der Waals surface area contributed by atoms with Gasteiger partial charge in [-0.1, -0.05) is 54.1 Å². The molecule has 0 aliphatic carbocycles. The molecule has 3 aromatic rings. The number of amides is 1. The van der Waals surface area contributed by atoms with E-state index in [4.69, 9.17) is 25.8 Å². The Hall–Kier alpha value is -2.90. The van der Waals surface area contributed by atoms with Crippen LogP contribution in [0.25, 0.3) is 11.1 Å². The first-order valence-electron chi connectivity index (χ1n) is 11.3. The highest BCUT2D eigenvalue weighted by Crippen LogP contribution is 2.26. The van der Waals surface area contributed by atoms with Crippen LogP contribution in [-0.4, -0.2) is 37.1 Å². The summed E-state index contributed by atoms with van der Waals surface area (Å²) in [6, 6.07) is 20.8. The van der Waals surface area contributed by atoms with Crippen LogP contribution in [-0.2, 0) is 22.6 Å². The SMILES string of the molecule is COc1ccc(COC(O)C2CCCO2)cc1CNC(=O)c1ccc(-c2ccccc2)cc1Cl. The fraction of sp³-hybridized carbons (Fsp3) is 0.296. The van der Waals surface area contributed by atoms with Gasteiger partial charge in [-0.2, -0.15) is 0 Å². The summed E-state index contributed by atoms with van der Waals surface area (Å²) in [6.07, 6.45) is 0.468. The first-order valence-corrected chi connectivity index (χ1v) is 11.6. The van der Waals surface area contributed by atoms with Crippen molar-refractivity contribution in [1.82, 2.24) is 5.32 Å². The molecule has 3 aromatic carbocycles. The molecule has 1 aliphatic heterocycles. The average Bonchev–Trinajstić information content (AvgIpc) is 3.41. The second kappa shape index (κ2) is 11.5. The normalized spacial score (nSPS) is 16.3. The number of hydrogen-bond donors (Lipinski definition) is 2. The lowest BCUT2D eigenvalue weighted by Crippen LogP contribution is -2.27. The Labute approximate surface area is 204 Å². The maximum Gasteiger partial charge on any atom is 0.253 e. The number of halogens is 1. The van der Waals surface area contributed by atoms with Gasteiger partial charge in [0, 0.05) is 18.7 Å². The smallest absolute Gasteiger partial charge is 0.253 e. The Morgan fingerprint density at radius 2 is 1.97 bits per heavy atom. The average molecular weight is 482 g/mol. The lowest BCUT2D eigenvalue weighted by molar-refractivity contribution is -0.171. The largest absolute Gasteiger partial charge is 0.496 e. The number of methoxy groups -OCH3 is 1. The maximum absolute atomic E-state index is 12.8. The predicted molar refractivity (Wildman–Crippen MR) is 131 cm³/mol. The van der Waals surface area contributed by atoms with Crippen molar-refractivity contribution in [1.29, 1.82) is 0 Å². The van der Waals surface area contributed by atoms with Gasteiger partial charge in [0.25, 0.3) is 5.91 Å². The van der Waals surface area contributed by atoms with Crippen LogP contribution in [0, 0.1) is 0 Å². The zero-order chi connectivity index (χ0) is 23.9. The van der Waals surface area contributed by atoms with Crippen molar-refractivity contribution in [3.05, 3.63) is 88.4 Å². The summed E-state index contributed by atoms with van der Waals surface area (Å²) in [6.45, 7) is 1.12. The Balaban J connectivity index is 1.40. The lowest BCUT2D eigenvalue weighted by atomic mass is 10.0. The van der Waals surface area contributed by atoms with E-state index in [0.717, 1.165) is 35.1 Å². The molecule has 0 spiro atoms. The molecule has 1 heterocycles. The molecule has 1 aliphatic rings. The number of hydrogen-bond acceptors (Lipinski definition) is 5. The zero-order valence-electron chi connectivity index (χ0n) is 19.0. The third-order valence-corrected chi connectivity index (χ3v) is 6.12. The minimum Gasteiger partial charge on any atom is -0.496 e. The molecule has 0 radical (unpaired) electrons. The Kier molecular flexibility index (Phi) is 8.19. The van der Waals surface area contributed by atoms with Gasteiger partial charge in [0.1, 0.15) is 11.9 Å². The molecule has 4 rings (SSSR count). The molecule has 7 heteroatoms. The number of ether oxygens (including phenoxy) is 3. The topological polar surface area (TPSA) is 77.0 Å². The molecule has 2 atom stereocenters. The van der Waals surface area contributed by atoms with Crippen LogP contribution in [0.15, 0.2) is 66.7 Å². The van der Waals surface area contributed by atoms with Crippen LogP contribution in [0.1, 0.15) is 34.3 Å². The number of benzene rings is 3. The highest BCUT2D eigenvalue weighted by Gasteiger charge is 2.24. The van der Waals surface area contributed by atoms with E-state index >= 15 is 0 Å². The number of aliphatic hydroxyl groups excluding tert-OH is 1. The van der Waals surface area contributed by atoms with Crippen molar-refractivity contribution in [2.75, 3.05) is 13.7 Å². The minimum absolute atomic E-state index is 0.221. The fourth-order valence-electron chi connectivity index (χ4n) is 3.96. The number of carbonyl (C=O) groups excluding carboxylic acids is 1. The molecular formula is C27H28ClNO5. The van der Waals surface area contributed by atoms with E-state index in [2.05, 4.69) is 5.32 Å². The molecule has 2 unspecified atom stereocenters. The first kappa shape index (κ1) is 24.2. The van der Waals surface area contributed by atoms with E-state index < -0.39 is 6.29 Å². The lowest BCUT2D eigenvalue weighted by Gasteiger charge is -2.18. The molecular weight excluding hydrogens is 454 g/mol. The van der Waals surface area contributed by atoms with Gasteiger partial charge >= 0.3 is 0 Å². The van der Waals surface area contributed by atoms with Gasteiger partial charge in [-0.05, 0) is 53.8 Å². The molecule has 0 saturated carbocycles. The Morgan fingerprint density at radius 3 is 2.68 bits per heavy atom. The highest BCUT2D eigenvalue weighted by atomic mass is 35.5. The molecule has 0 bridgehead atoms. The van der Waals surface area contributed by atoms with Crippen LogP contribution in [0.3, 0.4) is 0 Å². The quantitative estimate of drug-likeness (QED) is 0.422. The van der Waals surface area contributed by atoms with Crippen molar-refractivity contribution < 1.29 is 24.1 Å². The fourth-order valence-corrected chi connectivity index (χ4v) is 4.22. The van der Waals surface area contributed by atoms with Crippen molar-refractivity contribution in [3.63, 3.8) is 0 Å². The minimum atomic E-state index is -0.964. The molecule has 1 amide bonds. The monoisotopic (exact) mass is 481 g/mol. The molecule has 0 aromatic heterocycles. The van der Waals surface area contributed by atoms with Crippen LogP contribution in [0.2, 0.25) is 5.02 Å². The van der Waals surface area contributed by atoms with E-state index in [0.29, 0.717) is 22.9 Å². The van der Waals surface area contributed by atoms with Gasteiger partial charge < -0.3 is 24.6 Å². The molecule has 6 nitrogen and oxygen atoms in total. The second-order valence-electron chi connectivity index (χ2n) is 8.14. The third-order valence-electron chi connectivity index (χ3n) is 5.81. The van der Waals surface area contributed by atoms with Gasteiger partial charge in [-0.25, -0.2) is 0 Å². The summed E-state index contributed by atoms with van der Waals surface area (Å²) in [4.78, 5) is 12.8. The van der Waals surface area contributed by atoms with Crippen molar-refractivity contribution in [2.45, 2.75) is 38.4 Å². The van der Waals surface area contributed by atoms with Gasteiger partial charge in [0.2, 0.25) is 0 Å². The van der Waals surface area contributed by atoms with Gasteiger partial charge in [0.15, 0.2) is 6.29 Å². The van der Waals surface area contributed by atoms with E-state index in [1.54, 1.807) is 19.2 Å². The van der Waals surface area contributed by atoms with Crippen molar-refractivity contribution in [3.8, 4) is 16.9 Å². The summed E-state index contributed by atoms with van der Waals surface area (Å²) >= 11 is 6.43. The summed E-state index contributed by atoms with van der Waals surface area (Å²) in [5.41, 5.74) is 4.03. The Morgan fingerprint density at radius 1 is 1.15 bits per heavy atom. The predicted octanol–water partition coefficient (Wildman–Crippen LogP) is 4.96. The number of rotatable bonds is 9.